The second-order valence-electron chi connectivity index (χ2n) is 3.04. The number of aliphatic hydroxyl groups is 2. The van der Waals surface area contributed by atoms with Gasteiger partial charge in [0.15, 0.2) is 0 Å². The average molecular weight is 169 g/mol. The fourth-order valence-corrected chi connectivity index (χ4v) is 1.11. The summed E-state index contributed by atoms with van der Waals surface area (Å²) in [4.78, 5) is 1.77. The molecule has 2 unspecified atom stereocenters. The van der Waals surface area contributed by atoms with E-state index < -0.39 is 12.3 Å². The Morgan fingerprint density at radius 2 is 2.08 bits per heavy atom. The highest BCUT2D eigenvalue weighted by molar-refractivity contribution is 5.25. The summed E-state index contributed by atoms with van der Waals surface area (Å²) in [6, 6.07) is 0. The SMILES string of the molecule is CC(O)C1=CN(C(C)O)CC=C1. The first kappa shape index (κ1) is 9.29. The molecule has 0 aromatic rings. The fraction of sp³-hybridized carbons (Fsp3) is 0.556. The molecule has 0 fully saturated rings. The third-order valence-electron chi connectivity index (χ3n) is 1.90. The molecule has 3 nitrogen and oxygen atoms in total. The van der Waals surface area contributed by atoms with Crippen molar-refractivity contribution in [1.29, 1.82) is 0 Å². The first-order valence-corrected chi connectivity index (χ1v) is 4.11. The van der Waals surface area contributed by atoms with Gasteiger partial charge in [-0.3, -0.25) is 0 Å². The molecule has 0 bridgehead atoms. The minimum absolute atomic E-state index is 0.470. The van der Waals surface area contributed by atoms with Gasteiger partial charge in [0.1, 0.15) is 6.23 Å². The summed E-state index contributed by atoms with van der Waals surface area (Å²) in [6.07, 6.45) is 4.62. The van der Waals surface area contributed by atoms with E-state index in [0.29, 0.717) is 6.54 Å². The first-order chi connectivity index (χ1) is 5.61. The zero-order chi connectivity index (χ0) is 9.14. The van der Waals surface area contributed by atoms with Crippen LogP contribution in [0, 0.1) is 0 Å². The predicted octanol–water partition coefficient (Wildman–Crippen LogP) is 0.461. The second kappa shape index (κ2) is 3.74. The van der Waals surface area contributed by atoms with Crippen LogP contribution < -0.4 is 0 Å². The largest absolute Gasteiger partial charge is 0.389 e. The lowest BCUT2D eigenvalue weighted by molar-refractivity contribution is 0.0597. The van der Waals surface area contributed by atoms with Gasteiger partial charge in [-0.2, -0.15) is 0 Å². The van der Waals surface area contributed by atoms with E-state index in [2.05, 4.69) is 0 Å². The Labute approximate surface area is 72.6 Å². The molecule has 3 heteroatoms. The Morgan fingerprint density at radius 3 is 2.58 bits per heavy atom. The quantitative estimate of drug-likeness (QED) is 0.631. The minimum Gasteiger partial charge on any atom is -0.389 e. The standard InChI is InChI=1S/C9H15NO2/c1-7(11)9-4-3-5-10(6-9)8(2)12/h3-4,6-8,11-12H,5H2,1-2H3. The van der Waals surface area contributed by atoms with Gasteiger partial charge in [0.05, 0.1) is 6.10 Å². The number of aliphatic hydroxyl groups excluding tert-OH is 2. The maximum atomic E-state index is 9.25. The Balaban J connectivity index is 2.69. The van der Waals surface area contributed by atoms with Gasteiger partial charge in [0.2, 0.25) is 0 Å². The summed E-state index contributed by atoms with van der Waals surface area (Å²) >= 11 is 0. The highest BCUT2D eigenvalue weighted by Gasteiger charge is 2.11. The molecule has 0 radical (unpaired) electrons. The minimum atomic E-state index is -0.497. The summed E-state index contributed by atoms with van der Waals surface area (Å²) in [6.45, 7) is 4.12. The smallest absolute Gasteiger partial charge is 0.123 e. The Kier molecular flexibility index (Phi) is 2.89. The van der Waals surface area contributed by atoms with Crippen LogP contribution in [-0.4, -0.2) is 34.0 Å². The van der Waals surface area contributed by atoms with E-state index in [4.69, 9.17) is 0 Å². The average Bonchev–Trinajstić information content (AvgIpc) is 2.04. The molecular formula is C9H15NO2. The van der Waals surface area contributed by atoms with Gasteiger partial charge in [-0.15, -0.1) is 0 Å². The first-order valence-electron chi connectivity index (χ1n) is 4.11. The van der Waals surface area contributed by atoms with Gasteiger partial charge in [-0.05, 0) is 19.4 Å². The lowest BCUT2D eigenvalue weighted by Crippen LogP contribution is -2.30. The Bertz CT molecular complexity index is 207. The molecule has 0 aliphatic carbocycles. The third kappa shape index (κ3) is 2.09. The van der Waals surface area contributed by atoms with Gasteiger partial charge in [-0.1, -0.05) is 12.2 Å². The fourth-order valence-electron chi connectivity index (χ4n) is 1.11. The summed E-state index contributed by atoms with van der Waals surface area (Å²) in [5.74, 6) is 0. The number of rotatable bonds is 2. The van der Waals surface area contributed by atoms with E-state index in [9.17, 15) is 10.2 Å². The number of hydrogen-bond donors (Lipinski definition) is 2. The van der Waals surface area contributed by atoms with Crippen molar-refractivity contribution in [2.75, 3.05) is 6.54 Å². The molecule has 2 N–H and O–H groups in total. The van der Waals surface area contributed by atoms with Crippen molar-refractivity contribution >= 4 is 0 Å². The molecule has 12 heavy (non-hydrogen) atoms. The van der Waals surface area contributed by atoms with Crippen LogP contribution in [0.4, 0.5) is 0 Å². The van der Waals surface area contributed by atoms with Crippen molar-refractivity contribution in [3.05, 3.63) is 23.9 Å². The van der Waals surface area contributed by atoms with E-state index in [1.165, 1.54) is 0 Å². The zero-order valence-electron chi connectivity index (χ0n) is 7.44. The van der Waals surface area contributed by atoms with Gasteiger partial charge in [0.25, 0.3) is 0 Å². The van der Waals surface area contributed by atoms with Gasteiger partial charge in [-0.25, -0.2) is 0 Å². The topological polar surface area (TPSA) is 43.7 Å². The molecule has 1 aliphatic rings. The molecule has 0 aromatic heterocycles. The summed E-state index contributed by atoms with van der Waals surface area (Å²) in [5, 5.41) is 18.5. The monoisotopic (exact) mass is 169 g/mol. The molecule has 0 saturated heterocycles. The molecule has 0 amide bonds. The highest BCUT2D eigenvalue weighted by Crippen LogP contribution is 2.12. The van der Waals surface area contributed by atoms with Crippen molar-refractivity contribution in [2.24, 2.45) is 0 Å². The molecule has 0 saturated carbocycles. The van der Waals surface area contributed by atoms with Crippen molar-refractivity contribution in [3.8, 4) is 0 Å². The molecule has 1 rings (SSSR count). The highest BCUT2D eigenvalue weighted by atomic mass is 16.3. The summed E-state index contributed by atoms with van der Waals surface area (Å²) < 4.78 is 0. The molecule has 1 aliphatic heterocycles. The van der Waals surface area contributed by atoms with Gasteiger partial charge in [0, 0.05) is 12.7 Å². The molecule has 2 atom stereocenters. The number of nitrogens with zero attached hydrogens (tertiary/aromatic N) is 1. The molecule has 0 aromatic carbocycles. The predicted molar refractivity (Wildman–Crippen MR) is 47.3 cm³/mol. The van der Waals surface area contributed by atoms with Crippen molar-refractivity contribution in [2.45, 2.75) is 26.2 Å². The van der Waals surface area contributed by atoms with E-state index in [1.807, 2.05) is 12.2 Å². The summed E-state index contributed by atoms with van der Waals surface area (Å²) in [5.41, 5.74) is 0.835. The third-order valence-corrected chi connectivity index (χ3v) is 1.90. The van der Waals surface area contributed by atoms with Gasteiger partial charge >= 0.3 is 0 Å². The van der Waals surface area contributed by atoms with Crippen molar-refractivity contribution in [1.82, 2.24) is 4.90 Å². The van der Waals surface area contributed by atoms with E-state index in [-0.39, 0.29) is 0 Å². The van der Waals surface area contributed by atoms with E-state index in [0.717, 1.165) is 5.57 Å². The maximum Gasteiger partial charge on any atom is 0.123 e. The molecule has 0 spiro atoms. The Hall–Kier alpha value is -0.800. The van der Waals surface area contributed by atoms with Crippen LogP contribution in [0.5, 0.6) is 0 Å². The lowest BCUT2D eigenvalue weighted by atomic mass is 10.1. The van der Waals surface area contributed by atoms with Crippen LogP contribution in [0.25, 0.3) is 0 Å². The van der Waals surface area contributed by atoms with Crippen LogP contribution in [-0.2, 0) is 0 Å². The van der Waals surface area contributed by atoms with Crippen molar-refractivity contribution < 1.29 is 10.2 Å². The van der Waals surface area contributed by atoms with Crippen molar-refractivity contribution in [3.63, 3.8) is 0 Å². The van der Waals surface area contributed by atoms with Crippen LogP contribution in [0.15, 0.2) is 23.9 Å². The van der Waals surface area contributed by atoms with E-state index in [1.54, 1.807) is 24.9 Å². The van der Waals surface area contributed by atoms with Crippen LogP contribution in [0.2, 0.25) is 0 Å². The van der Waals surface area contributed by atoms with Crippen LogP contribution in [0.1, 0.15) is 13.8 Å². The molecule has 68 valence electrons. The van der Waals surface area contributed by atoms with Crippen LogP contribution in [0.3, 0.4) is 0 Å². The van der Waals surface area contributed by atoms with Crippen LogP contribution >= 0.6 is 0 Å². The lowest BCUT2D eigenvalue weighted by Gasteiger charge is -2.26. The van der Waals surface area contributed by atoms with Gasteiger partial charge < -0.3 is 15.1 Å². The maximum absolute atomic E-state index is 9.25. The zero-order valence-corrected chi connectivity index (χ0v) is 7.44. The Morgan fingerprint density at radius 1 is 1.42 bits per heavy atom. The second-order valence-corrected chi connectivity index (χ2v) is 3.04. The summed E-state index contributed by atoms with van der Waals surface area (Å²) in [7, 11) is 0. The number of hydrogen-bond acceptors (Lipinski definition) is 3. The van der Waals surface area contributed by atoms with E-state index >= 15 is 0 Å². The molecular weight excluding hydrogens is 154 g/mol. The molecule has 1 heterocycles. The normalized spacial score (nSPS) is 22.0.